The second-order valence-corrected chi connectivity index (χ2v) is 8.64. The van der Waals surface area contributed by atoms with E-state index in [0.717, 1.165) is 27.1 Å². The van der Waals surface area contributed by atoms with Crippen molar-refractivity contribution in [3.05, 3.63) is 75.7 Å². The molecular weight excluding hydrogens is 478 g/mol. The molecule has 0 fully saturated rings. The number of amides is 1. The zero-order chi connectivity index (χ0) is 22.1. The van der Waals surface area contributed by atoms with E-state index in [4.69, 9.17) is 16.6 Å². The molecule has 8 heteroatoms. The SMILES string of the molecule is CN(C)c1cccc(Cl)c1Nc1nc2cc(C(=O)Nc3ccc(Br)cc3)ccc2n1C. The highest BCUT2D eigenvalue weighted by Crippen LogP contribution is 2.35. The number of nitrogens with zero attached hydrogens (tertiary/aromatic N) is 3. The fourth-order valence-corrected chi connectivity index (χ4v) is 3.79. The Hall–Kier alpha value is -3.03. The molecule has 1 heterocycles. The normalized spacial score (nSPS) is 10.9. The van der Waals surface area contributed by atoms with Crippen LogP contribution in [-0.4, -0.2) is 29.6 Å². The third kappa shape index (κ3) is 4.38. The van der Waals surface area contributed by atoms with Crippen LogP contribution in [0.3, 0.4) is 0 Å². The van der Waals surface area contributed by atoms with Gasteiger partial charge < -0.3 is 20.1 Å². The van der Waals surface area contributed by atoms with Crippen LogP contribution in [0, 0.1) is 0 Å². The van der Waals surface area contributed by atoms with Crippen molar-refractivity contribution in [3.8, 4) is 0 Å². The number of aryl methyl sites for hydroxylation is 1. The van der Waals surface area contributed by atoms with Crippen molar-refractivity contribution in [1.82, 2.24) is 9.55 Å². The molecule has 0 saturated heterocycles. The summed E-state index contributed by atoms with van der Waals surface area (Å²) in [5.74, 6) is 0.446. The third-order valence-electron chi connectivity index (χ3n) is 4.96. The molecular formula is C23H21BrClN5O. The van der Waals surface area contributed by atoms with E-state index in [1.54, 1.807) is 12.1 Å². The van der Waals surface area contributed by atoms with Crippen LogP contribution in [0.2, 0.25) is 5.02 Å². The highest BCUT2D eigenvalue weighted by molar-refractivity contribution is 9.10. The first-order chi connectivity index (χ1) is 14.8. The highest BCUT2D eigenvalue weighted by atomic mass is 79.9. The molecule has 158 valence electrons. The van der Waals surface area contributed by atoms with E-state index >= 15 is 0 Å². The number of aromatic nitrogens is 2. The molecule has 0 spiro atoms. The van der Waals surface area contributed by atoms with Crippen LogP contribution in [0.25, 0.3) is 11.0 Å². The van der Waals surface area contributed by atoms with Crippen LogP contribution in [0.15, 0.2) is 65.1 Å². The van der Waals surface area contributed by atoms with Gasteiger partial charge in [-0.3, -0.25) is 4.79 Å². The fraction of sp³-hybridized carbons (Fsp3) is 0.130. The molecule has 1 aromatic heterocycles. The topological polar surface area (TPSA) is 62.2 Å². The Kier molecular flexibility index (Phi) is 5.89. The Morgan fingerprint density at radius 3 is 2.55 bits per heavy atom. The molecule has 4 aromatic rings. The van der Waals surface area contributed by atoms with Crippen molar-refractivity contribution in [2.24, 2.45) is 7.05 Å². The number of fused-ring (bicyclic) bond motifs is 1. The van der Waals surface area contributed by atoms with Crippen LogP contribution in [0.4, 0.5) is 23.0 Å². The number of imidazole rings is 1. The summed E-state index contributed by atoms with van der Waals surface area (Å²) >= 11 is 9.84. The van der Waals surface area contributed by atoms with E-state index in [9.17, 15) is 4.79 Å². The summed E-state index contributed by atoms with van der Waals surface area (Å²) in [5.41, 5.74) is 4.61. The van der Waals surface area contributed by atoms with Crippen LogP contribution >= 0.6 is 27.5 Å². The fourth-order valence-electron chi connectivity index (χ4n) is 3.31. The number of anilines is 4. The third-order valence-corrected chi connectivity index (χ3v) is 5.80. The van der Waals surface area contributed by atoms with Gasteiger partial charge in [0.25, 0.3) is 5.91 Å². The van der Waals surface area contributed by atoms with Gasteiger partial charge in [-0.2, -0.15) is 0 Å². The van der Waals surface area contributed by atoms with Gasteiger partial charge in [0.2, 0.25) is 5.95 Å². The van der Waals surface area contributed by atoms with Gasteiger partial charge in [-0.05, 0) is 54.6 Å². The summed E-state index contributed by atoms with van der Waals surface area (Å²) in [6, 6.07) is 18.7. The van der Waals surface area contributed by atoms with Crippen molar-refractivity contribution in [1.29, 1.82) is 0 Å². The maximum absolute atomic E-state index is 12.7. The minimum Gasteiger partial charge on any atom is -0.376 e. The van der Waals surface area contributed by atoms with Gasteiger partial charge in [0.1, 0.15) is 0 Å². The molecule has 0 aliphatic carbocycles. The molecule has 0 aliphatic heterocycles. The lowest BCUT2D eigenvalue weighted by molar-refractivity contribution is 0.102. The van der Waals surface area contributed by atoms with E-state index in [1.807, 2.05) is 79.1 Å². The molecule has 2 N–H and O–H groups in total. The average Bonchev–Trinajstić information content (AvgIpc) is 3.05. The van der Waals surface area contributed by atoms with Gasteiger partial charge in [0.15, 0.2) is 0 Å². The van der Waals surface area contributed by atoms with Crippen LogP contribution < -0.4 is 15.5 Å². The lowest BCUT2D eigenvalue weighted by Crippen LogP contribution is -2.12. The van der Waals surface area contributed by atoms with Crippen molar-refractivity contribution in [2.75, 3.05) is 29.6 Å². The number of para-hydroxylation sites is 1. The maximum atomic E-state index is 12.7. The Morgan fingerprint density at radius 1 is 1.10 bits per heavy atom. The molecule has 0 bridgehead atoms. The zero-order valence-corrected chi connectivity index (χ0v) is 19.6. The van der Waals surface area contributed by atoms with Gasteiger partial charge in [0, 0.05) is 36.9 Å². The van der Waals surface area contributed by atoms with Crippen LogP contribution in [0.1, 0.15) is 10.4 Å². The number of carbonyl (C=O) groups is 1. The first-order valence-electron chi connectivity index (χ1n) is 9.60. The summed E-state index contributed by atoms with van der Waals surface area (Å²) in [6.45, 7) is 0. The molecule has 1 amide bonds. The summed E-state index contributed by atoms with van der Waals surface area (Å²) in [6.07, 6.45) is 0. The number of halogens is 2. The molecule has 3 aromatic carbocycles. The molecule has 31 heavy (non-hydrogen) atoms. The molecule has 0 unspecified atom stereocenters. The standard InChI is InChI=1S/C23H21BrClN5O/c1-29(2)20-6-4-5-17(25)21(20)28-23-27-18-13-14(7-12-19(18)30(23)3)22(31)26-16-10-8-15(24)9-11-16/h4-13H,1-3H3,(H,26,31)(H,27,28). The minimum absolute atomic E-state index is 0.189. The second-order valence-electron chi connectivity index (χ2n) is 7.31. The number of rotatable bonds is 5. The number of hydrogen-bond donors (Lipinski definition) is 2. The summed E-state index contributed by atoms with van der Waals surface area (Å²) in [5, 5.41) is 6.86. The molecule has 0 radical (unpaired) electrons. The first-order valence-corrected chi connectivity index (χ1v) is 10.8. The van der Waals surface area contributed by atoms with Crippen molar-refractivity contribution < 1.29 is 4.79 Å². The van der Waals surface area contributed by atoms with E-state index in [2.05, 4.69) is 26.6 Å². The molecule has 0 aliphatic rings. The predicted molar refractivity (Wildman–Crippen MR) is 132 cm³/mol. The predicted octanol–water partition coefficient (Wildman–Crippen LogP) is 6.05. The Morgan fingerprint density at radius 2 is 1.84 bits per heavy atom. The van der Waals surface area contributed by atoms with Gasteiger partial charge >= 0.3 is 0 Å². The van der Waals surface area contributed by atoms with E-state index in [1.165, 1.54) is 0 Å². The lowest BCUT2D eigenvalue weighted by Gasteiger charge is -2.19. The Labute approximate surface area is 194 Å². The maximum Gasteiger partial charge on any atom is 0.255 e. The summed E-state index contributed by atoms with van der Waals surface area (Å²) in [7, 11) is 5.84. The summed E-state index contributed by atoms with van der Waals surface area (Å²) in [4.78, 5) is 19.4. The monoisotopic (exact) mass is 497 g/mol. The largest absolute Gasteiger partial charge is 0.376 e. The van der Waals surface area contributed by atoms with Crippen molar-refractivity contribution >= 4 is 67.5 Å². The van der Waals surface area contributed by atoms with Crippen molar-refractivity contribution in [2.45, 2.75) is 0 Å². The number of hydrogen-bond acceptors (Lipinski definition) is 4. The first kappa shape index (κ1) is 21.2. The number of carbonyl (C=O) groups excluding carboxylic acids is 1. The van der Waals surface area contributed by atoms with Gasteiger partial charge in [-0.15, -0.1) is 0 Å². The Balaban J connectivity index is 1.64. The van der Waals surface area contributed by atoms with Gasteiger partial charge in [-0.25, -0.2) is 4.98 Å². The quantitative estimate of drug-likeness (QED) is 0.351. The molecule has 0 saturated carbocycles. The highest BCUT2D eigenvalue weighted by Gasteiger charge is 2.15. The minimum atomic E-state index is -0.189. The average molecular weight is 499 g/mol. The van der Waals surface area contributed by atoms with E-state index in [-0.39, 0.29) is 5.91 Å². The van der Waals surface area contributed by atoms with Gasteiger partial charge in [-0.1, -0.05) is 33.6 Å². The summed E-state index contributed by atoms with van der Waals surface area (Å²) < 4.78 is 2.89. The van der Waals surface area contributed by atoms with Crippen LogP contribution in [-0.2, 0) is 7.05 Å². The van der Waals surface area contributed by atoms with E-state index in [0.29, 0.717) is 22.1 Å². The smallest absolute Gasteiger partial charge is 0.255 e. The number of benzene rings is 3. The van der Waals surface area contributed by atoms with Crippen LogP contribution in [0.5, 0.6) is 0 Å². The Bertz CT molecular complexity index is 1270. The molecule has 0 atom stereocenters. The molecule has 4 rings (SSSR count). The van der Waals surface area contributed by atoms with Crippen molar-refractivity contribution in [3.63, 3.8) is 0 Å². The molecule has 6 nitrogen and oxygen atoms in total. The zero-order valence-electron chi connectivity index (χ0n) is 17.3. The lowest BCUT2D eigenvalue weighted by atomic mass is 10.2. The second kappa shape index (κ2) is 8.61. The van der Waals surface area contributed by atoms with Gasteiger partial charge in [0.05, 0.1) is 27.4 Å². The number of nitrogens with one attached hydrogen (secondary N) is 2. The van der Waals surface area contributed by atoms with E-state index < -0.39 is 0 Å².